The van der Waals surface area contributed by atoms with Gasteiger partial charge in [-0.25, -0.2) is 0 Å². The fraction of sp³-hybridized carbons (Fsp3) is 0.400. The third kappa shape index (κ3) is 4.18. The largest absolute Gasteiger partial charge is 0.313 e. The van der Waals surface area contributed by atoms with Gasteiger partial charge in [0, 0.05) is 6.04 Å². The summed E-state index contributed by atoms with van der Waals surface area (Å²) in [4.78, 5) is 0. The van der Waals surface area contributed by atoms with E-state index in [-0.39, 0.29) is 0 Å². The number of benzene rings is 2. The van der Waals surface area contributed by atoms with Crippen LogP contribution in [0.15, 0.2) is 48.5 Å². The molecule has 0 fully saturated rings. The highest BCUT2D eigenvalue weighted by atomic mass is 14.9. The standard InChI is InChI=1S/C20H27N/c1-5-21-20(17(4)18-9-7-6-8-10-18)14-19-13-15(2)11-12-16(19)3/h6-13,17,20-21H,5,14H2,1-4H3. The molecule has 2 unspecified atom stereocenters. The maximum absolute atomic E-state index is 3.68. The lowest BCUT2D eigenvalue weighted by atomic mass is 9.87. The number of rotatable bonds is 6. The molecule has 2 aromatic rings. The number of aryl methyl sites for hydroxylation is 2. The van der Waals surface area contributed by atoms with Crippen molar-refractivity contribution in [1.82, 2.24) is 5.32 Å². The zero-order chi connectivity index (χ0) is 15.2. The number of likely N-dealkylation sites (N-methyl/N-ethyl adjacent to an activating group) is 1. The average Bonchev–Trinajstić information content (AvgIpc) is 2.50. The SMILES string of the molecule is CCNC(Cc1cc(C)ccc1C)C(C)c1ccccc1. The highest BCUT2D eigenvalue weighted by Gasteiger charge is 2.19. The van der Waals surface area contributed by atoms with E-state index in [2.05, 4.69) is 81.5 Å². The van der Waals surface area contributed by atoms with Crippen LogP contribution in [0.1, 0.15) is 42.0 Å². The van der Waals surface area contributed by atoms with Crippen molar-refractivity contribution in [2.75, 3.05) is 6.54 Å². The van der Waals surface area contributed by atoms with E-state index in [4.69, 9.17) is 0 Å². The van der Waals surface area contributed by atoms with Gasteiger partial charge in [-0.2, -0.15) is 0 Å². The summed E-state index contributed by atoms with van der Waals surface area (Å²) in [6.07, 6.45) is 1.08. The van der Waals surface area contributed by atoms with Gasteiger partial charge in [0.2, 0.25) is 0 Å². The Balaban J connectivity index is 2.21. The van der Waals surface area contributed by atoms with Crippen molar-refractivity contribution >= 4 is 0 Å². The number of nitrogens with one attached hydrogen (secondary N) is 1. The third-order valence-corrected chi connectivity index (χ3v) is 4.34. The van der Waals surface area contributed by atoms with Crippen molar-refractivity contribution in [3.8, 4) is 0 Å². The number of hydrogen-bond donors (Lipinski definition) is 1. The van der Waals surface area contributed by atoms with Crippen LogP contribution in [0.25, 0.3) is 0 Å². The molecule has 0 radical (unpaired) electrons. The average molecular weight is 281 g/mol. The predicted octanol–water partition coefficient (Wildman–Crippen LogP) is 4.63. The van der Waals surface area contributed by atoms with Crippen LogP contribution in [0.3, 0.4) is 0 Å². The summed E-state index contributed by atoms with van der Waals surface area (Å²) in [7, 11) is 0. The highest BCUT2D eigenvalue weighted by molar-refractivity contribution is 5.32. The van der Waals surface area contributed by atoms with Crippen LogP contribution in [-0.4, -0.2) is 12.6 Å². The van der Waals surface area contributed by atoms with Crippen LogP contribution in [-0.2, 0) is 6.42 Å². The van der Waals surface area contributed by atoms with E-state index in [0.717, 1.165) is 13.0 Å². The molecule has 0 amide bonds. The molecule has 0 aliphatic heterocycles. The Morgan fingerprint density at radius 2 is 1.71 bits per heavy atom. The molecule has 1 nitrogen and oxygen atoms in total. The molecule has 1 heteroatoms. The van der Waals surface area contributed by atoms with Crippen LogP contribution in [0.4, 0.5) is 0 Å². The van der Waals surface area contributed by atoms with E-state index in [1.54, 1.807) is 0 Å². The van der Waals surface area contributed by atoms with Crippen molar-refractivity contribution in [2.24, 2.45) is 0 Å². The second-order valence-electron chi connectivity index (χ2n) is 6.00. The van der Waals surface area contributed by atoms with Gasteiger partial charge >= 0.3 is 0 Å². The van der Waals surface area contributed by atoms with E-state index in [0.29, 0.717) is 12.0 Å². The van der Waals surface area contributed by atoms with Crippen molar-refractivity contribution < 1.29 is 0 Å². The maximum Gasteiger partial charge on any atom is 0.0173 e. The molecule has 0 aliphatic carbocycles. The zero-order valence-electron chi connectivity index (χ0n) is 13.7. The first-order valence-corrected chi connectivity index (χ1v) is 7.96. The Morgan fingerprint density at radius 3 is 2.38 bits per heavy atom. The summed E-state index contributed by atoms with van der Waals surface area (Å²) >= 11 is 0. The lowest BCUT2D eigenvalue weighted by Crippen LogP contribution is -2.35. The van der Waals surface area contributed by atoms with Crippen LogP contribution in [0.2, 0.25) is 0 Å². The lowest BCUT2D eigenvalue weighted by Gasteiger charge is -2.26. The minimum atomic E-state index is 0.470. The van der Waals surface area contributed by atoms with Crippen molar-refractivity contribution in [3.05, 3.63) is 70.8 Å². The molecule has 1 N–H and O–H groups in total. The Labute approximate surface area is 129 Å². The summed E-state index contributed by atoms with van der Waals surface area (Å²) < 4.78 is 0. The van der Waals surface area contributed by atoms with E-state index >= 15 is 0 Å². The molecular formula is C20H27N. The fourth-order valence-electron chi connectivity index (χ4n) is 2.93. The van der Waals surface area contributed by atoms with Crippen LogP contribution in [0, 0.1) is 13.8 Å². The van der Waals surface area contributed by atoms with E-state index in [1.165, 1.54) is 22.3 Å². The molecule has 21 heavy (non-hydrogen) atoms. The molecule has 0 aromatic heterocycles. The van der Waals surface area contributed by atoms with E-state index in [9.17, 15) is 0 Å². The zero-order valence-corrected chi connectivity index (χ0v) is 13.7. The molecule has 0 bridgehead atoms. The molecule has 2 aromatic carbocycles. The molecule has 0 spiro atoms. The van der Waals surface area contributed by atoms with E-state index < -0.39 is 0 Å². The monoisotopic (exact) mass is 281 g/mol. The fourth-order valence-corrected chi connectivity index (χ4v) is 2.93. The molecule has 0 aliphatic rings. The van der Waals surface area contributed by atoms with Crippen LogP contribution in [0.5, 0.6) is 0 Å². The lowest BCUT2D eigenvalue weighted by molar-refractivity contribution is 0.457. The Hall–Kier alpha value is -1.60. The van der Waals surface area contributed by atoms with Gasteiger partial charge < -0.3 is 5.32 Å². The third-order valence-electron chi connectivity index (χ3n) is 4.34. The van der Waals surface area contributed by atoms with Gasteiger partial charge in [0.05, 0.1) is 0 Å². The molecule has 2 rings (SSSR count). The summed E-state index contributed by atoms with van der Waals surface area (Å²) in [6.45, 7) is 9.91. The van der Waals surface area contributed by atoms with Gasteiger partial charge in [0.1, 0.15) is 0 Å². The van der Waals surface area contributed by atoms with E-state index in [1.807, 2.05) is 0 Å². The van der Waals surface area contributed by atoms with Crippen molar-refractivity contribution in [2.45, 2.75) is 46.1 Å². The minimum Gasteiger partial charge on any atom is -0.313 e. The normalized spacial score (nSPS) is 13.9. The van der Waals surface area contributed by atoms with Gasteiger partial charge in [-0.1, -0.05) is 67.9 Å². The molecular weight excluding hydrogens is 254 g/mol. The van der Waals surface area contributed by atoms with Gasteiger partial charge in [0.15, 0.2) is 0 Å². The molecule has 2 atom stereocenters. The molecule has 0 saturated carbocycles. The summed E-state index contributed by atoms with van der Waals surface area (Å²) in [6, 6.07) is 18.1. The summed E-state index contributed by atoms with van der Waals surface area (Å²) in [5.74, 6) is 0.506. The first kappa shape index (κ1) is 15.8. The van der Waals surface area contributed by atoms with Gasteiger partial charge in [0.25, 0.3) is 0 Å². The minimum absolute atomic E-state index is 0.470. The smallest absolute Gasteiger partial charge is 0.0173 e. The van der Waals surface area contributed by atoms with Gasteiger partial charge in [-0.15, -0.1) is 0 Å². The maximum atomic E-state index is 3.68. The van der Waals surface area contributed by atoms with Crippen molar-refractivity contribution in [1.29, 1.82) is 0 Å². The second kappa shape index (κ2) is 7.42. The summed E-state index contributed by atoms with van der Waals surface area (Å²) in [5, 5.41) is 3.68. The topological polar surface area (TPSA) is 12.0 Å². The van der Waals surface area contributed by atoms with Gasteiger partial charge in [-0.05, 0) is 49.4 Å². The van der Waals surface area contributed by atoms with Gasteiger partial charge in [-0.3, -0.25) is 0 Å². The Kier molecular flexibility index (Phi) is 5.58. The molecule has 112 valence electrons. The Morgan fingerprint density at radius 1 is 1.00 bits per heavy atom. The molecule has 0 heterocycles. The first-order chi connectivity index (χ1) is 10.1. The summed E-state index contributed by atoms with van der Waals surface area (Å²) in [5.41, 5.74) is 5.61. The predicted molar refractivity (Wildman–Crippen MR) is 91.9 cm³/mol. The highest BCUT2D eigenvalue weighted by Crippen LogP contribution is 2.23. The quantitative estimate of drug-likeness (QED) is 0.814. The molecule has 0 saturated heterocycles. The Bertz CT molecular complexity index is 559. The van der Waals surface area contributed by atoms with Crippen molar-refractivity contribution in [3.63, 3.8) is 0 Å². The number of hydrogen-bond acceptors (Lipinski definition) is 1. The van der Waals surface area contributed by atoms with Crippen LogP contribution < -0.4 is 5.32 Å². The first-order valence-electron chi connectivity index (χ1n) is 7.96. The van der Waals surface area contributed by atoms with Crippen LogP contribution >= 0.6 is 0 Å². The second-order valence-corrected chi connectivity index (χ2v) is 6.00.